The highest BCUT2D eigenvalue weighted by Gasteiger charge is 2.19. The number of hydrogen-bond acceptors (Lipinski definition) is 2. The summed E-state index contributed by atoms with van der Waals surface area (Å²) in [6.07, 6.45) is 0.763. The molecule has 0 fully saturated rings. The van der Waals surface area contributed by atoms with Crippen molar-refractivity contribution in [2.45, 2.75) is 6.42 Å². The maximum atomic E-state index is 11.9. The number of carbonyl (C=O) groups is 1. The number of halogens is 1. The maximum Gasteiger partial charge on any atom is 0.188 e. The van der Waals surface area contributed by atoms with Crippen molar-refractivity contribution in [3.8, 4) is 0 Å². The molecule has 2 aromatic rings. The van der Waals surface area contributed by atoms with E-state index < -0.39 is 0 Å². The van der Waals surface area contributed by atoms with Crippen molar-refractivity contribution in [3.05, 3.63) is 46.5 Å². The van der Waals surface area contributed by atoms with Gasteiger partial charge in [0, 0.05) is 16.0 Å². The lowest BCUT2D eigenvalue weighted by Gasteiger charge is -2.10. The summed E-state index contributed by atoms with van der Waals surface area (Å²) >= 11 is 6.22. The van der Waals surface area contributed by atoms with Crippen LogP contribution in [0.4, 0.5) is 0 Å². The van der Waals surface area contributed by atoms with Crippen molar-refractivity contribution in [2.24, 2.45) is 0 Å². The molecule has 0 saturated heterocycles. The fraction of sp³-hybridized carbons (Fsp3) is 0.214. The molecule has 1 heterocycles. The van der Waals surface area contributed by atoms with Crippen LogP contribution < -0.4 is 0 Å². The van der Waals surface area contributed by atoms with Gasteiger partial charge in [-0.1, -0.05) is 35.9 Å². The molecule has 17 heavy (non-hydrogen) atoms. The summed E-state index contributed by atoms with van der Waals surface area (Å²) in [6, 6.07) is 9.69. The van der Waals surface area contributed by atoms with E-state index in [1.807, 2.05) is 24.3 Å². The zero-order valence-electron chi connectivity index (χ0n) is 9.20. The van der Waals surface area contributed by atoms with Gasteiger partial charge in [0.2, 0.25) is 0 Å². The van der Waals surface area contributed by atoms with E-state index in [0.717, 1.165) is 22.8 Å². The Morgan fingerprint density at radius 1 is 1.18 bits per heavy atom. The molecule has 0 atom stereocenters. The minimum absolute atomic E-state index is 0.0187. The molecule has 3 heteroatoms. The molecule has 86 valence electrons. The van der Waals surface area contributed by atoms with E-state index in [1.165, 1.54) is 0 Å². The van der Waals surface area contributed by atoms with Crippen LogP contribution in [0.3, 0.4) is 0 Å². The van der Waals surface area contributed by atoms with Gasteiger partial charge in [-0.3, -0.25) is 4.79 Å². The molecule has 2 aromatic carbocycles. The van der Waals surface area contributed by atoms with Crippen LogP contribution in [0, 0.1) is 0 Å². The van der Waals surface area contributed by atoms with E-state index in [9.17, 15) is 4.79 Å². The highest BCUT2D eigenvalue weighted by molar-refractivity contribution is 6.36. The molecule has 0 radical (unpaired) electrons. The topological polar surface area (TPSA) is 26.3 Å². The van der Waals surface area contributed by atoms with Crippen LogP contribution in [0.25, 0.3) is 10.8 Å². The zero-order valence-corrected chi connectivity index (χ0v) is 9.96. The van der Waals surface area contributed by atoms with E-state index in [1.54, 1.807) is 6.07 Å². The summed E-state index contributed by atoms with van der Waals surface area (Å²) in [5.41, 5.74) is 1.78. The SMILES string of the molecule is O=C1COCCc2c1cc(Cl)c1ccccc21. The predicted molar refractivity (Wildman–Crippen MR) is 67.8 cm³/mol. The average Bonchev–Trinajstić information content (AvgIpc) is 2.53. The van der Waals surface area contributed by atoms with Crippen LogP contribution in [0.5, 0.6) is 0 Å². The van der Waals surface area contributed by atoms with Crippen LogP contribution in [0.1, 0.15) is 15.9 Å². The van der Waals surface area contributed by atoms with Gasteiger partial charge in [0.1, 0.15) is 6.61 Å². The molecular formula is C14H11ClO2. The fourth-order valence-electron chi connectivity index (χ4n) is 2.33. The van der Waals surface area contributed by atoms with Crippen molar-refractivity contribution in [2.75, 3.05) is 13.2 Å². The van der Waals surface area contributed by atoms with Crippen LogP contribution in [-0.4, -0.2) is 19.0 Å². The molecule has 0 N–H and O–H groups in total. The van der Waals surface area contributed by atoms with Crippen LogP contribution >= 0.6 is 11.6 Å². The summed E-state index contributed by atoms with van der Waals surface area (Å²) in [5.74, 6) is 0.0187. The van der Waals surface area contributed by atoms with Gasteiger partial charge in [-0.2, -0.15) is 0 Å². The Labute approximate surface area is 104 Å². The number of benzene rings is 2. The number of rotatable bonds is 0. The lowest BCUT2D eigenvalue weighted by atomic mass is 9.95. The molecule has 0 saturated carbocycles. The highest BCUT2D eigenvalue weighted by Crippen LogP contribution is 2.31. The van der Waals surface area contributed by atoms with Gasteiger partial charge < -0.3 is 4.74 Å². The first-order valence-corrected chi connectivity index (χ1v) is 5.96. The smallest absolute Gasteiger partial charge is 0.188 e. The summed E-state index contributed by atoms with van der Waals surface area (Å²) in [7, 11) is 0. The molecule has 1 aliphatic heterocycles. The number of hydrogen-bond donors (Lipinski definition) is 0. The highest BCUT2D eigenvalue weighted by atomic mass is 35.5. The Morgan fingerprint density at radius 3 is 2.76 bits per heavy atom. The monoisotopic (exact) mass is 246 g/mol. The molecule has 3 rings (SSSR count). The predicted octanol–water partition coefficient (Wildman–Crippen LogP) is 3.25. The molecule has 0 aromatic heterocycles. The lowest BCUT2D eigenvalue weighted by molar-refractivity contribution is 0.0788. The summed E-state index contributed by atoms with van der Waals surface area (Å²) in [5, 5.41) is 2.70. The minimum Gasteiger partial charge on any atom is -0.373 e. The van der Waals surface area contributed by atoms with Crippen LogP contribution in [0.15, 0.2) is 30.3 Å². The number of Topliss-reactive ketones (excluding diaryl/α,β-unsaturated/α-hetero) is 1. The Morgan fingerprint density at radius 2 is 1.94 bits per heavy atom. The molecule has 0 aliphatic carbocycles. The number of fused-ring (bicyclic) bond motifs is 3. The third kappa shape index (κ3) is 1.74. The average molecular weight is 247 g/mol. The van der Waals surface area contributed by atoms with Gasteiger partial charge in [0.05, 0.1) is 6.61 Å². The summed E-state index contributed by atoms with van der Waals surface area (Å²) in [4.78, 5) is 11.9. The van der Waals surface area contributed by atoms with Crippen molar-refractivity contribution in [1.82, 2.24) is 0 Å². The van der Waals surface area contributed by atoms with Crippen molar-refractivity contribution in [1.29, 1.82) is 0 Å². The van der Waals surface area contributed by atoms with E-state index in [-0.39, 0.29) is 12.4 Å². The largest absolute Gasteiger partial charge is 0.373 e. The number of carbonyl (C=O) groups excluding carboxylic acids is 1. The van der Waals surface area contributed by atoms with Gasteiger partial charge in [-0.15, -0.1) is 0 Å². The molecule has 1 aliphatic rings. The van der Waals surface area contributed by atoms with Crippen molar-refractivity contribution < 1.29 is 9.53 Å². The molecule has 0 unspecified atom stereocenters. The van der Waals surface area contributed by atoms with Gasteiger partial charge >= 0.3 is 0 Å². The van der Waals surface area contributed by atoms with Crippen molar-refractivity contribution in [3.63, 3.8) is 0 Å². The van der Waals surface area contributed by atoms with E-state index >= 15 is 0 Å². The second-order valence-corrected chi connectivity index (χ2v) is 4.56. The number of ketones is 1. The molecule has 2 nitrogen and oxygen atoms in total. The Kier molecular flexibility index (Phi) is 2.61. The second kappa shape index (κ2) is 4.13. The second-order valence-electron chi connectivity index (χ2n) is 4.16. The third-order valence-corrected chi connectivity index (χ3v) is 3.45. The zero-order chi connectivity index (χ0) is 11.8. The first-order valence-electron chi connectivity index (χ1n) is 5.58. The van der Waals surface area contributed by atoms with Gasteiger partial charge in [0.15, 0.2) is 5.78 Å². The quantitative estimate of drug-likeness (QED) is 0.713. The van der Waals surface area contributed by atoms with Crippen molar-refractivity contribution >= 4 is 28.2 Å². The van der Waals surface area contributed by atoms with Gasteiger partial charge in [-0.25, -0.2) is 0 Å². The molecular weight excluding hydrogens is 236 g/mol. The fourth-order valence-corrected chi connectivity index (χ4v) is 2.60. The number of ether oxygens (including phenoxy) is 1. The first-order chi connectivity index (χ1) is 8.27. The van der Waals surface area contributed by atoms with Crippen LogP contribution in [-0.2, 0) is 11.2 Å². The van der Waals surface area contributed by atoms with E-state index in [0.29, 0.717) is 17.2 Å². The Bertz CT molecular complexity index is 604. The lowest BCUT2D eigenvalue weighted by Crippen LogP contribution is -2.06. The maximum absolute atomic E-state index is 11.9. The third-order valence-electron chi connectivity index (χ3n) is 3.14. The minimum atomic E-state index is 0.0187. The standard InChI is InChI=1S/C14H11ClO2/c15-13-7-12-10(5-6-17-8-14(12)16)9-3-1-2-4-11(9)13/h1-4,7H,5-6,8H2. The normalized spacial score (nSPS) is 15.7. The Hall–Kier alpha value is -1.38. The van der Waals surface area contributed by atoms with E-state index in [4.69, 9.17) is 16.3 Å². The Balaban J connectivity index is 2.38. The molecule has 0 bridgehead atoms. The van der Waals surface area contributed by atoms with E-state index in [2.05, 4.69) is 0 Å². The summed E-state index contributed by atoms with van der Waals surface area (Å²) < 4.78 is 5.29. The molecule has 0 amide bonds. The molecule has 0 spiro atoms. The van der Waals surface area contributed by atoms with Gasteiger partial charge in [0.25, 0.3) is 0 Å². The van der Waals surface area contributed by atoms with Gasteiger partial charge in [-0.05, 0) is 23.4 Å². The summed E-state index contributed by atoms with van der Waals surface area (Å²) in [6.45, 7) is 0.742. The first kappa shape index (κ1) is 10.8. The van der Waals surface area contributed by atoms with Crippen LogP contribution in [0.2, 0.25) is 5.02 Å².